The maximum absolute atomic E-state index is 14.0. The molecule has 0 unspecified atom stereocenters. The van der Waals surface area contributed by atoms with Crippen LogP contribution in [-0.2, 0) is 13.1 Å². The van der Waals surface area contributed by atoms with Crippen molar-refractivity contribution >= 4 is 23.2 Å². The van der Waals surface area contributed by atoms with Crippen molar-refractivity contribution in [2.45, 2.75) is 32.0 Å². The zero-order chi connectivity index (χ0) is 18.1. The van der Waals surface area contributed by atoms with Crippen LogP contribution < -0.4 is 0 Å². The summed E-state index contributed by atoms with van der Waals surface area (Å²) in [4.78, 5) is 2.17. The van der Waals surface area contributed by atoms with Crippen LogP contribution in [0.2, 0.25) is 10.0 Å². The molecule has 1 saturated carbocycles. The van der Waals surface area contributed by atoms with Crippen molar-refractivity contribution in [3.63, 3.8) is 0 Å². The fraction of sp³-hybridized carbons (Fsp3) is 0.263. The van der Waals surface area contributed by atoms with Gasteiger partial charge in [-0.3, -0.25) is 4.90 Å². The Morgan fingerprint density at radius 3 is 2.62 bits per heavy atom. The normalized spacial score (nSPS) is 14.2. The standard InChI is InChI=1S/C19H16Cl2FN3O/c20-13-5-8-15(16(21)9-13)19-24-23-18(26-19)11-25(14-6-7-14)10-12-3-1-2-4-17(12)22/h1-5,8-9,14H,6-7,10-11H2. The van der Waals surface area contributed by atoms with Gasteiger partial charge in [-0.25, -0.2) is 4.39 Å². The first-order valence-electron chi connectivity index (χ1n) is 8.35. The largest absolute Gasteiger partial charge is 0.419 e. The minimum atomic E-state index is -0.197. The lowest BCUT2D eigenvalue weighted by molar-refractivity contribution is 0.218. The second kappa shape index (κ2) is 7.35. The Labute approximate surface area is 160 Å². The predicted octanol–water partition coefficient (Wildman–Crippen LogP) is 5.35. The zero-order valence-corrected chi connectivity index (χ0v) is 15.3. The van der Waals surface area contributed by atoms with Crippen molar-refractivity contribution in [1.82, 2.24) is 15.1 Å². The van der Waals surface area contributed by atoms with E-state index in [1.807, 2.05) is 6.07 Å². The molecule has 0 bridgehead atoms. The molecule has 1 aliphatic rings. The molecule has 0 saturated heterocycles. The molecule has 26 heavy (non-hydrogen) atoms. The van der Waals surface area contributed by atoms with Gasteiger partial charge in [0.05, 0.1) is 17.1 Å². The topological polar surface area (TPSA) is 42.2 Å². The molecule has 1 aromatic heterocycles. The summed E-state index contributed by atoms with van der Waals surface area (Å²) in [6.45, 7) is 0.980. The third-order valence-electron chi connectivity index (χ3n) is 4.36. The molecule has 0 radical (unpaired) electrons. The van der Waals surface area contributed by atoms with Crippen LogP contribution in [0.4, 0.5) is 4.39 Å². The average molecular weight is 392 g/mol. The van der Waals surface area contributed by atoms with Gasteiger partial charge in [0.1, 0.15) is 5.82 Å². The molecule has 7 heteroatoms. The van der Waals surface area contributed by atoms with Gasteiger partial charge >= 0.3 is 0 Å². The van der Waals surface area contributed by atoms with Gasteiger partial charge in [0, 0.05) is 23.2 Å². The highest BCUT2D eigenvalue weighted by Gasteiger charge is 2.30. The summed E-state index contributed by atoms with van der Waals surface area (Å²) in [6.07, 6.45) is 2.19. The SMILES string of the molecule is Fc1ccccc1CN(Cc1nnc(-c2ccc(Cl)cc2Cl)o1)C1CC1. The quantitative estimate of drug-likeness (QED) is 0.567. The van der Waals surface area contributed by atoms with Gasteiger partial charge in [-0.1, -0.05) is 41.4 Å². The second-order valence-electron chi connectivity index (χ2n) is 6.35. The minimum Gasteiger partial charge on any atom is -0.419 e. The fourth-order valence-electron chi connectivity index (χ4n) is 2.86. The maximum Gasteiger partial charge on any atom is 0.249 e. The van der Waals surface area contributed by atoms with Crippen molar-refractivity contribution in [1.29, 1.82) is 0 Å². The minimum absolute atomic E-state index is 0.197. The van der Waals surface area contributed by atoms with Crippen LogP contribution in [0, 0.1) is 5.82 Å². The van der Waals surface area contributed by atoms with Crippen molar-refractivity contribution in [2.24, 2.45) is 0 Å². The Hall–Kier alpha value is -1.95. The number of nitrogens with zero attached hydrogens (tertiary/aromatic N) is 3. The number of hydrogen-bond acceptors (Lipinski definition) is 4. The summed E-state index contributed by atoms with van der Waals surface area (Å²) in [7, 11) is 0. The van der Waals surface area contributed by atoms with Crippen LogP contribution in [0.5, 0.6) is 0 Å². The first-order valence-corrected chi connectivity index (χ1v) is 9.11. The Morgan fingerprint density at radius 2 is 1.88 bits per heavy atom. The molecule has 0 amide bonds. The molecule has 1 fully saturated rings. The van der Waals surface area contributed by atoms with Gasteiger partial charge < -0.3 is 4.42 Å². The van der Waals surface area contributed by atoms with Gasteiger partial charge in [0.15, 0.2) is 0 Å². The highest BCUT2D eigenvalue weighted by molar-refractivity contribution is 6.36. The lowest BCUT2D eigenvalue weighted by Crippen LogP contribution is -2.25. The van der Waals surface area contributed by atoms with Crippen LogP contribution in [0.25, 0.3) is 11.5 Å². The zero-order valence-electron chi connectivity index (χ0n) is 13.8. The smallest absolute Gasteiger partial charge is 0.249 e. The van der Waals surface area contributed by atoms with E-state index in [2.05, 4.69) is 15.1 Å². The average Bonchev–Trinajstić information content (AvgIpc) is 3.36. The van der Waals surface area contributed by atoms with Crippen LogP contribution in [-0.4, -0.2) is 21.1 Å². The number of rotatable bonds is 6. The molecular weight excluding hydrogens is 376 g/mol. The second-order valence-corrected chi connectivity index (χ2v) is 7.20. The van der Waals surface area contributed by atoms with E-state index in [0.29, 0.717) is 52.1 Å². The number of benzene rings is 2. The van der Waals surface area contributed by atoms with Crippen molar-refractivity contribution in [2.75, 3.05) is 0 Å². The van der Waals surface area contributed by atoms with E-state index in [0.717, 1.165) is 12.8 Å². The Morgan fingerprint density at radius 1 is 1.08 bits per heavy atom. The molecule has 3 aromatic rings. The van der Waals surface area contributed by atoms with Crippen molar-refractivity contribution in [3.8, 4) is 11.5 Å². The van der Waals surface area contributed by atoms with Gasteiger partial charge in [-0.15, -0.1) is 10.2 Å². The van der Waals surface area contributed by atoms with E-state index in [4.69, 9.17) is 27.6 Å². The summed E-state index contributed by atoms with van der Waals surface area (Å²) in [5, 5.41) is 9.22. The summed E-state index contributed by atoms with van der Waals surface area (Å²) in [5.74, 6) is 0.634. The van der Waals surface area contributed by atoms with Crippen LogP contribution in [0.3, 0.4) is 0 Å². The van der Waals surface area contributed by atoms with E-state index < -0.39 is 0 Å². The van der Waals surface area contributed by atoms with Crippen molar-refractivity contribution in [3.05, 3.63) is 69.8 Å². The summed E-state index contributed by atoms with van der Waals surface area (Å²) in [6, 6.07) is 12.4. The molecular formula is C19H16Cl2FN3O. The molecule has 0 atom stereocenters. The summed E-state index contributed by atoms with van der Waals surface area (Å²) in [5.41, 5.74) is 1.31. The van der Waals surface area contributed by atoms with E-state index in [1.54, 1.807) is 30.3 Å². The third kappa shape index (κ3) is 3.90. The molecule has 2 aromatic carbocycles. The highest BCUT2D eigenvalue weighted by Crippen LogP contribution is 2.32. The van der Waals surface area contributed by atoms with Crippen LogP contribution in [0.15, 0.2) is 46.9 Å². The van der Waals surface area contributed by atoms with Gasteiger partial charge in [0.2, 0.25) is 11.8 Å². The van der Waals surface area contributed by atoms with Gasteiger partial charge in [-0.05, 0) is 37.1 Å². The first kappa shape index (κ1) is 17.5. The number of aromatic nitrogens is 2. The molecule has 0 aliphatic heterocycles. The molecule has 134 valence electrons. The van der Waals surface area contributed by atoms with Gasteiger partial charge in [0.25, 0.3) is 0 Å². The third-order valence-corrected chi connectivity index (χ3v) is 4.91. The lowest BCUT2D eigenvalue weighted by Gasteiger charge is -2.20. The first-order chi connectivity index (χ1) is 12.6. The maximum atomic E-state index is 14.0. The van der Waals surface area contributed by atoms with E-state index >= 15 is 0 Å². The van der Waals surface area contributed by atoms with Crippen LogP contribution >= 0.6 is 23.2 Å². The predicted molar refractivity (Wildman–Crippen MR) is 98.4 cm³/mol. The molecule has 4 nitrogen and oxygen atoms in total. The highest BCUT2D eigenvalue weighted by atomic mass is 35.5. The molecule has 0 N–H and O–H groups in total. The van der Waals surface area contributed by atoms with E-state index in [9.17, 15) is 4.39 Å². The van der Waals surface area contributed by atoms with E-state index in [1.165, 1.54) is 6.07 Å². The van der Waals surface area contributed by atoms with Crippen LogP contribution in [0.1, 0.15) is 24.3 Å². The molecule has 0 spiro atoms. The molecule has 4 rings (SSSR count). The number of hydrogen-bond donors (Lipinski definition) is 0. The summed E-state index contributed by atoms with van der Waals surface area (Å²) < 4.78 is 19.8. The monoisotopic (exact) mass is 391 g/mol. The van der Waals surface area contributed by atoms with Gasteiger partial charge in [-0.2, -0.15) is 0 Å². The Kier molecular flexibility index (Phi) is 4.94. The summed E-state index contributed by atoms with van der Waals surface area (Å²) >= 11 is 12.1. The molecule has 1 aliphatic carbocycles. The van der Waals surface area contributed by atoms with E-state index in [-0.39, 0.29) is 5.82 Å². The Bertz CT molecular complexity index is 927. The Balaban J connectivity index is 1.52. The number of halogens is 3. The molecule has 1 heterocycles. The fourth-order valence-corrected chi connectivity index (χ4v) is 3.35. The van der Waals surface area contributed by atoms with Crippen molar-refractivity contribution < 1.29 is 8.81 Å². The lowest BCUT2D eigenvalue weighted by atomic mass is 10.2.